The fourth-order valence-electron chi connectivity index (χ4n) is 4.93. The molecule has 2 atom stereocenters. The van der Waals surface area contributed by atoms with Crippen LogP contribution in [0.3, 0.4) is 0 Å². The van der Waals surface area contributed by atoms with Crippen molar-refractivity contribution in [2.75, 3.05) is 32.8 Å². The van der Waals surface area contributed by atoms with Gasteiger partial charge in [-0.15, -0.1) is 0 Å². The van der Waals surface area contributed by atoms with E-state index >= 15 is 0 Å². The van der Waals surface area contributed by atoms with Gasteiger partial charge >= 0.3 is 5.63 Å². The number of carbonyl (C=O) groups excluding carboxylic acids is 1. The summed E-state index contributed by atoms with van der Waals surface area (Å²) >= 11 is 0. The largest absolute Gasteiger partial charge is 0.427 e. The maximum atomic E-state index is 13.2. The van der Waals surface area contributed by atoms with Gasteiger partial charge in [-0.25, -0.2) is 4.79 Å². The van der Waals surface area contributed by atoms with Crippen molar-refractivity contribution >= 4 is 5.91 Å². The first-order valence-corrected chi connectivity index (χ1v) is 10.9. The van der Waals surface area contributed by atoms with E-state index in [0.29, 0.717) is 32.2 Å². The summed E-state index contributed by atoms with van der Waals surface area (Å²) < 4.78 is 11.4. The van der Waals surface area contributed by atoms with Crippen molar-refractivity contribution in [1.29, 1.82) is 0 Å². The fraction of sp³-hybridized carbons (Fsp3) is 0.500. The monoisotopic (exact) mass is 408 g/mol. The Morgan fingerprint density at radius 3 is 2.60 bits per heavy atom. The Labute approximate surface area is 176 Å². The molecule has 3 heterocycles. The lowest BCUT2D eigenvalue weighted by atomic mass is 9.83. The van der Waals surface area contributed by atoms with Gasteiger partial charge in [0.2, 0.25) is 0 Å². The summed E-state index contributed by atoms with van der Waals surface area (Å²) in [7, 11) is 0. The van der Waals surface area contributed by atoms with E-state index in [1.54, 1.807) is 4.90 Å². The van der Waals surface area contributed by atoms with Crippen LogP contribution in [0.5, 0.6) is 0 Å². The molecule has 1 aromatic heterocycles. The lowest BCUT2D eigenvalue weighted by molar-refractivity contribution is -0.0770. The number of carbonyl (C=O) groups is 1. The van der Waals surface area contributed by atoms with E-state index in [0.717, 1.165) is 30.7 Å². The number of fused-ring (bicyclic) bond motifs is 1. The molecule has 158 valence electrons. The summed E-state index contributed by atoms with van der Waals surface area (Å²) in [5.41, 5.74) is 1.65. The maximum Gasteiger partial charge on any atom is 0.349 e. The van der Waals surface area contributed by atoms with Crippen LogP contribution in [-0.4, -0.2) is 54.6 Å². The summed E-state index contributed by atoms with van der Waals surface area (Å²) in [6, 6.07) is 12.6. The summed E-state index contributed by atoms with van der Waals surface area (Å²) in [5, 5.41) is 0. The number of benzene rings is 1. The van der Waals surface area contributed by atoms with Crippen molar-refractivity contribution in [3.8, 4) is 0 Å². The summed E-state index contributed by atoms with van der Waals surface area (Å²) in [4.78, 5) is 30.1. The SMILES string of the molecule is Cc1cc(C2CCC2)oc(=O)c1C(=O)N1CCN2[C@@H](COC[C@@H]2c2ccccc2)C1. The minimum Gasteiger partial charge on any atom is -0.427 e. The summed E-state index contributed by atoms with van der Waals surface area (Å²) in [6.45, 7) is 5.04. The highest BCUT2D eigenvalue weighted by Gasteiger charge is 2.38. The Bertz CT molecular complexity index is 982. The normalized spacial score (nSPS) is 24.9. The molecule has 1 saturated carbocycles. The Balaban J connectivity index is 1.33. The molecule has 0 spiro atoms. The number of nitrogens with zero attached hydrogens (tertiary/aromatic N) is 2. The zero-order valence-electron chi connectivity index (χ0n) is 17.4. The van der Waals surface area contributed by atoms with Gasteiger partial charge < -0.3 is 14.1 Å². The van der Waals surface area contributed by atoms with Gasteiger partial charge in [0.05, 0.1) is 25.3 Å². The van der Waals surface area contributed by atoms with E-state index in [2.05, 4.69) is 17.0 Å². The zero-order chi connectivity index (χ0) is 20.7. The Hall–Kier alpha value is -2.44. The van der Waals surface area contributed by atoms with Gasteiger partial charge in [-0.05, 0) is 37.0 Å². The number of amides is 1. The first-order chi connectivity index (χ1) is 14.6. The number of hydrogen-bond acceptors (Lipinski definition) is 5. The predicted molar refractivity (Wildman–Crippen MR) is 113 cm³/mol. The highest BCUT2D eigenvalue weighted by molar-refractivity contribution is 5.95. The van der Waals surface area contributed by atoms with Crippen molar-refractivity contribution in [3.63, 3.8) is 0 Å². The number of piperazine rings is 1. The van der Waals surface area contributed by atoms with Gasteiger partial charge in [0.1, 0.15) is 11.3 Å². The van der Waals surface area contributed by atoms with Crippen molar-refractivity contribution in [2.45, 2.75) is 44.2 Å². The molecule has 0 unspecified atom stereocenters. The van der Waals surface area contributed by atoms with Crippen LogP contribution in [0.2, 0.25) is 0 Å². The second-order valence-corrected chi connectivity index (χ2v) is 8.73. The first-order valence-electron chi connectivity index (χ1n) is 10.9. The van der Waals surface area contributed by atoms with Gasteiger partial charge in [-0.1, -0.05) is 36.8 Å². The molecule has 2 aliphatic heterocycles. The Kier molecular flexibility index (Phi) is 5.21. The molecule has 1 aliphatic carbocycles. The average molecular weight is 408 g/mol. The van der Waals surface area contributed by atoms with E-state index in [4.69, 9.17) is 9.15 Å². The molecule has 1 amide bonds. The maximum absolute atomic E-state index is 13.2. The molecular weight excluding hydrogens is 380 g/mol. The van der Waals surface area contributed by atoms with Crippen LogP contribution in [0.1, 0.15) is 58.5 Å². The molecule has 2 aromatic rings. The number of rotatable bonds is 3. The van der Waals surface area contributed by atoms with Crippen LogP contribution in [0.25, 0.3) is 0 Å². The fourth-order valence-corrected chi connectivity index (χ4v) is 4.93. The molecule has 2 saturated heterocycles. The van der Waals surface area contributed by atoms with E-state index in [9.17, 15) is 9.59 Å². The average Bonchev–Trinajstić information content (AvgIpc) is 2.71. The quantitative estimate of drug-likeness (QED) is 0.781. The minimum absolute atomic E-state index is 0.128. The number of hydrogen-bond donors (Lipinski definition) is 0. The molecule has 1 aromatic carbocycles. The minimum atomic E-state index is -0.494. The molecule has 30 heavy (non-hydrogen) atoms. The van der Waals surface area contributed by atoms with Gasteiger partial charge in [0, 0.05) is 25.6 Å². The van der Waals surface area contributed by atoms with E-state index < -0.39 is 5.63 Å². The molecule has 0 N–H and O–H groups in total. The first kappa shape index (κ1) is 19.5. The van der Waals surface area contributed by atoms with Crippen LogP contribution in [0, 0.1) is 6.92 Å². The van der Waals surface area contributed by atoms with Crippen molar-refractivity contribution < 1.29 is 13.9 Å². The highest BCUT2D eigenvalue weighted by atomic mass is 16.5. The van der Waals surface area contributed by atoms with Crippen LogP contribution in [-0.2, 0) is 4.74 Å². The molecule has 6 heteroatoms. The van der Waals surface area contributed by atoms with Crippen LogP contribution < -0.4 is 5.63 Å². The van der Waals surface area contributed by atoms with Gasteiger partial charge in [-0.3, -0.25) is 9.69 Å². The number of morpholine rings is 1. The molecule has 3 fully saturated rings. The van der Waals surface area contributed by atoms with E-state index in [1.165, 1.54) is 12.0 Å². The third-order valence-electron chi connectivity index (χ3n) is 6.88. The summed E-state index contributed by atoms with van der Waals surface area (Å²) in [6.07, 6.45) is 3.29. The van der Waals surface area contributed by atoms with Crippen molar-refractivity contribution in [3.05, 3.63) is 69.3 Å². The van der Waals surface area contributed by atoms with E-state index in [-0.39, 0.29) is 23.6 Å². The Morgan fingerprint density at radius 1 is 1.10 bits per heavy atom. The topological polar surface area (TPSA) is 63.0 Å². The third kappa shape index (κ3) is 3.48. The standard InChI is InChI=1S/C24H28N2O4/c1-16-12-21(18-8-5-9-18)30-24(28)22(16)23(27)25-10-11-26-19(13-25)14-29-15-20(26)17-6-3-2-4-7-17/h2-4,6-7,12,18-20H,5,8-11,13-15H2,1H3/t19-,20-/m1/s1. The molecule has 3 aliphatic rings. The highest BCUT2D eigenvalue weighted by Crippen LogP contribution is 2.36. The number of aryl methyl sites for hydroxylation is 1. The smallest absolute Gasteiger partial charge is 0.349 e. The van der Waals surface area contributed by atoms with Gasteiger partial charge in [0.25, 0.3) is 5.91 Å². The lowest BCUT2D eigenvalue weighted by Gasteiger charge is -2.48. The molecule has 0 bridgehead atoms. The van der Waals surface area contributed by atoms with Crippen LogP contribution in [0.4, 0.5) is 0 Å². The number of ether oxygens (including phenoxy) is 1. The van der Waals surface area contributed by atoms with Crippen LogP contribution >= 0.6 is 0 Å². The second kappa shape index (κ2) is 8.00. The summed E-state index contributed by atoms with van der Waals surface area (Å²) in [5.74, 6) is 0.845. The zero-order valence-corrected chi connectivity index (χ0v) is 17.4. The van der Waals surface area contributed by atoms with Crippen molar-refractivity contribution in [2.24, 2.45) is 0 Å². The van der Waals surface area contributed by atoms with Gasteiger partial charge in [0.15, 0.2) is 0 Å². The molecule has 5 rings (SSSR count). The van der Waals surface area contributed by atoms with Gasteiger partial charge in [-0.2, -0.15) is 0 Å². The Morgan fingerprint density at radius 2 is 1.90 bits per heavy atom. The predicted octanol–water partition coefficient (Wildman–Crippen LogP) is 3.11. The molecular formula is C24H28N2O4. The third-order valence-corrected chi connectivity index (χ3v) is 6.88. The van der Waals surface area contributed by atoms with Crippen LogP contribution in [0.15, 0.2) is 45.6 Å². The lowest BCUT2D eigenvalue weighted by Crippen LogP contribution is -2.60. The second-order valence-electron chi connectivity index (χ2n) is 8.73. The molecule has 0 radical (unpaired) electrons. The van der Waals surface area contributed by atoms with E-state index in [1.807, 2.05) is 31.2 Å². The van der Waals surface area contributed by atoms with Crippen molar-refractivity contribution in [1.82, 2.24) is 9.80 Å². The molecule has 6 nitrogen and oxygen atoms in total.